The molecule has 6 nitrogen and oxygen atoms in total. The van der Waals surface area contributed by atoms with E-state index in [0.29, 0.717) is 17.9 Å². The number of rotatable bonds is 9. The molecule has 0 atom stereocenters. The number of unbranched alkanes of at least 4 members (excludes halogenated alkanes) is 1. The number of carbonyl (C=O) groups is 2. The molecule has 0 aliphatic heterocycles. The van der Waals surface area contributed by atoms with Gasteiger partial charge >= 0.3 is 5.97 Å². The lowest BCUT2D eigenvalue weighted by molar-refractivity contribution is 0.0698. The number of aromatic carboxylic acids is 1. The van der Waals surface area contributed by atoms with Gasteiger partial charge in [-0.25, -0.2) is 4.79 Å². The zero-order chi connectivity index (χ0) is 23.9. The Labute approximate surface area is 197 Å². The zero-order valence-corrected chi connectivity index (χ0v) is 18.8. The zero-order valence-electron chi connectivity index (χ0n) is 18.8. The number of carboxylic acids is 1. The fourth-order valence-corrected chi connectivity index (χ4v) is 3.60. The van der Waals surface area contributed by atoms with Crippen LogP contribution in [0.25, 0.3) is 22.3 Å². The maximum absolute atomic E-state index is 13.4. The third-order valence-electron chi connectivity index (χ3n) is 5.44. The Morgan fingerprint density at radius 3 is 2.35 bits per heavy atom. The van der Waals surface area contributed by atoms with E-state index in [9.17, 15) is 14.7 Å². The van der Waals surface area contributed by atoms with E-state index >= 15 is 0 Å². The van der Waals surface area contributed by atoms with Gasteiger partial charge in [0, 0.05) is 5.56 Å². The van der Waals surface area contributed by atoms with Gasteiger partial charge in [0.05, 0.1) is 35.9 Å². The second kappa shape index (κ2) is 10.5. The topological polar surface area (TPSA) is 88.8 Å². The number of furan rings is 1. The molecule has 0 aliphatic rings. The van der Waals surface area contributed by atoms with Gasteiger partial charge in [-0.3, -0.25) is 4.79 Å². The van der Waals surface area contributed by atoms with Crippen molar-refractivity contribution in [2.24, 2.45) is 0 Å². The fourth-order valence-electron chi connectivity index (χ4n) is 3.60. The second-order valence-corrected chi connectivity index (χ2v) is 7.81. The van der Waals surface area contributed by atoms with Crippen molar-refractivity contribution in [2.45, 2.75) is 19.8 Å². The van der Waals surface area contributed by atoms with E-state index in [1.807, 2.05) is 36.4 Å². The highest BCUT2D eigenvalue weighted by atomic mass is 16.5. The fraction of sp³-hybridized carbons (Fsp3) is 0.143. The summed E-state index contributed by atoms with van der Waals surface area (Å²) in [6.45, 7) is 2.54. The average molecular weight is 456 g/mol. The molecule has 0 unspecified atom stereocenters. The maximum Gasteiger partial charge on any atom is 0.337 e. The summed E-state index contributed by atoms with van der Waals surface area (Å²) in [4.78, 5) is 25.3. The SMILES string of the molecule is CCCCOc1ccc(-c2ccoc2)cc1C(=O)Nc1cc(-c2ccccc2)ccc1C(=O)O. The van der Waals surface area contributed by atoms with Crippen LogP contribution in [-0.4, -0.2) is 23.6 Å². The van der Waals surface area contributed by atoms with Crippen molar-refractivity contribution >= 4 is 17.6 Å². The van der Waals surface area contributed by atoms with E-state index in [-0.39, 0.29) is 11.3 Å². The normalized spacial score (nSPS) is 10.6. The molecule has 1 amide bonds. The molecule has 4 rings (SSSR count). The molecule has 6 heteroatoms. The van der Waals surface area contributed by atoms with E-state index < -0.39 is 11.9 Å². The smallest absolute Gasteiger partial charge is 0.337 e. The van der Waals surface area contributed by atoms with Crippen molar-refractivity contribution in [1.82, 2.24) is 0 Å². The van der Waals surface area contributed by atoms with Crippen LogP contribution in [0.15, 0.2) is 89.7 Å². The number of ether oxygens (including phenoxy) is 1. The van der Waals surface area contributed by atoms with E-state index in [1.54, 1.807) is 42.9 Å². The monoisotopic (exact) mass is 455 g/mol. The molecule has 34 heavy (non-hydrogen) atoms. The Morgan fingerprint density at radius 1 is 0.882 bits per heavy atom. The predicted molar refractivity (Wildman–Crippen MR) is 131 cm³/mol. The number of amides is 1. The summed E-state index contributed by atoms with van der Waals surface area (Å²) in [5.74, 6) is -1.14. The van der Waals surface area contributed by atoms with Crippen molar-refractivity contribution < 1.29 is 23.8 Å². The lowest BCUT2D eigenvalue weighted by atomic mass is 10.0. The van der Waals surface area contributed by atoms with Crippen LogP contribution < -0.4 is 10.1 Å². The van der Waals surface area contributed by atoms with Crippen molar-refractivity contribution in [1.29, 1.82) is 0 Å². The number of hydrogen-bond acceptors (Lipinski definition) is 4. The van der Waals surface area contributed by atoms with Gasteiger partial charge < -0.3 is 19.6 Å². The molecule has 1 heterocycles. The first-order valence-electron chi connectivity index (χ1n) is 11.1. The van der Waals surface area contributed by atoms with E-state index in [2.05, 4.69) is 12.2 Å². The van der Waals surface area contributed by atoms with Crippen LogP contribution in [0, 0.1) is 0 Å². The first-order chi connectivity index (χ1) is 16.6. The van der Waals surface area contributed by atoms with Crippen molar-refractivity contribution in [3.8, 4) is 28.0 Å². The quantitative estimate of drug-likeness (QED) is 0.273. The molecule has 0 radical (unpaired) electrons. The molecule has 0 fully saturated rings. The summed E-state index contributed by atoms with van der Waals surface area (Å²) in [6.07, 6.45) is 4.98. The number of carbonyl (C=O) groups excluding carboxylic acids is 1. The van der Waals surface area contributed by atoms with Gasteiger partial charge in [-0.15, -0.1) is 0 Å². The summed E-state index contributed by atoms with van der Waals surface area (Å²) in [5.41, 5.74) is 3.87. The number of carboxylic acid groups (broad SMARTS) is 1. The Balaban J connectivity index is 1.71. The number of benzene rings is 3. The lowest BCUT2D eigenvalue weighted by Crippen LogP contribution is -2.16. The van der Waals surface area contributed by atoms with E-state index in [4.69, 9.17) is 9.15 Å². The first-order valence-corrected chi connectivity index (χ1v) is 11.1. The summed E-state index contributed by atoms with van der Waals surface area (Å²) in [7, 11) is 0. The van der Waals surface area contributed by atoms with Gasteiger partial charge in [0.15, 0.2) is 0 Å². The molecular weight excluding hydrogens is 430 g/mol. The van der Waals surface area contributed by atoms with Gasteiger partial charge in [0.25, 0.3) is 5.91 Å². The average Bonchev–Trinajstić information content (AvgIpc) is 3.40. The van der Waals surface area contributed by atoms with Gasteiger partial charge in [-0.05, 0) is 53.4 Å². The molecule has 3 aromatic carbocycles. The third kappa shape index (κ3) is 5.18. The lowest BCUT2D eigenvalue weighted by Gasteiger charge is -2.15. The molecule has 4 aromatic rings. The van der Waals surface area contributed by atoms with Crippen molar-refractivity contribution in [3.63, 3.8) is 0 Å². The molecule has 1 aromatic heterocycles. The van der Waals surface area contributed by atoms with Crippen LogP contribution in [0.2, 0.25) is 0 Å². The highest BCUT2D eigenvalue weighted by Gasteiger charge is 2.19. The molecule has 0 bridgehead atoms. The van der Waals surface area contributed by atoms with Crippen LogP contribution >= 0.6 is 0 Å². The minimum absolute atomic E-state index is 0.00692. The molecule has 0 aliphatic carbocycles. The molecule has 0 saturated heterocycles. The van der Waals surface area contributed by atoms with Crippen molar-refractivity contribution in [2.75, 3.05) is 11.9 Å². The molecule has 172 valence electrons. The van der Waals surface area contributed by atoms with Crippen LogP contribution in [0.1, 0.15) is 40.5 Å². The summed E-state index contributed by atoms with van der Waals surface area (Å²) >= 11 is 0. The van der Waals surface area contributed by atoms with Crippen LogP contribution in [-0.2, 0) is 0 Å². The second-order valence-electron chi connectivity index (χ2n) is 7.81. The Kier molecular flexibility index (Phi) is 7.08. The molecule has 0 saturated carbocycles. The van der Waals surface area contributed by atoms with Gasteiger partial charge in [0.2, 0.25) is 0 Å². The standard InChI is InChI=1S/C28H25NO5/c1-2-3-14-34-26-12-10-20(22-13-15-33-18-22)16-24(26)27(30)29-25-17-21(9-11-23(25)28(31)32)19-7-5-4-6-8-19/h4-13,15-18H,2-3,14H2,1H3,(H,29,30)(H,31,32). The molecule has 0 spiro atoms. The van der Waals surface area contributed by atoms with Crippen LogP contribution in [0.5, 0.6) is 5.75 Å². The largest absolute Gasteiger partial charge is 0.493 e. The highest BCUT2D eigenvalue weighted by molar-refractivity contribution is 6.10. The van der Waals surface area contributed by atoms with Crippen LogP contribution in [0.4, 0.5) is 5.69 Å². The highest BCUT2D eigenvalue weighted by Crippen LogP contribution is 2.30. The van der Waals surface area contributed by atoms with Gasteiger partial charge in [0.1, 0.15) is 5.75 Å². The van der Waals surface area contributed by atoms with Gasteiger partial charge in [-0.1, -0.05) is 55.8 Å². The number of anilines is 1. The van der Waals surface area contributed by atoms with Crippen molar-refractivity contribution in [3.05, 3.63) is 96.4 Å². The summed E-state index contributed by atoms with van der Waals surface area (Å²) < 4.78 is 11.1. The third-order valence-corrected chi connectivity index (χ3v) is 5.44. The number of nitrogens with one attached hydrogen (secondary N) is 1. The summed E-state index contributed by atoms with van der Waals surface area (Å²) in [5, 5.41) is 12.5. The minimum atomic E-state index is -1.12. The number of hydrogen-bond donors (Lipinski definition) is 2. The predicted octanol–water partition coefficient (Wildman–Crippen LogP) is 6.74. The Morgan fingerprint density at radius 2 is 1.65 bits per heavy atom. The van der Waals surface area contributed by atoms with Gasteiger partial charge in [-0.2, -0.15) is 0 Å². The molecular formula is C28H25NO5. The summed E-state index contributed by atoms with van der Waals surface area (Å²) in [6, 6.07) is 21.6. The van der Waals surface area contributed by atoms with Crippen LogP contribution in [0.3, 0.4) is 0 Å². The molecule has 2 N–H and O–H groups in total. The Hall–Kier alpha value is -4.32. The van der Waals surface area contributed by atoms with E-state index in [1.165, 1.54) is 6.07 Å². The Bertz CT molecular complexity index is 1280. The maximum atomic E-state index is 13.4. The minimum Gasteiger partial charge on any atom is -0.493 e. The first kappa shape index (κ1) is 22.9. The van der Waals surface area contributed by atoms with E-state index in [0.717, 1.165) is 35.1 Å².